The van der Waals surface area contributed by atoms with Crippen molar-refractivity contribution < 1.29 is 14.4 Å². The molecule has 1 aromatic rings. The molecule has 0 unspecified atom stereocenters. The number of esters is 1. The van der Waals surface area contributed by atoms with Gasteiger partial charge >= 0.3 is 5.97 Å². The number of hydrogen-bond acceptors (Lipinski definition) is 2. The van der Waals surface area contributed by atoms with E-state index in [1.165, 1.54) is 4.90 Å². The first-order chi connectivity index (χ1) is 7.59. The lowest BCUT2D eigenvalue weighted by Crippen LogP contribution is -3.05. The van der Waals surface area contributed by atoms with Crippen molar-refractivity contribution in [1.82, 2.24) is 0 Å². The minimum atomic E-state index is -0.228. The Kier molecular flexibility index (Phi) is 4.99. The number of carbonyl (C=O) groups is 1. The summed E-state index contributed by atoms with van der Waals surface area (Å²) in [7, 11) is 4.17. The normalized spacial score (nSPS) is 10.5. The Balaban J connectivity index is 2.32. The topological polar surface area (TPSA) is 30.7 Å². The Morgan fingerprint density at radius 2 is 1.88 bits per heavy atom. The molecule has 0 atom stereocenters. The summed E-state index contributed by atoms with van der Waals surface area (Å²) in [5.41, 5.74) is 1.77. The molecule has 1 rings (SSSR count). The summed E-state index contributed by atoms with van der Waals surface area (Å²) in [5.74, 6) is -0.228. The van der Waals surface area contributed by atoms with Crippen LogP contribution in [-0.2, 0) is 4.74 Å². The van der Waals surface area contributed by atoms with Crippen LogP contribution >= 0.6 is 0 Å². The predicted octanol–water partition coefficient (Wildman–Crippen LogP) is 0.686. The zero-order valence-electron chi connectivity index (χ0n) is 10.2. The third-order valence-electron chi connectivity index (χ3n) is 2.34. The Morgan fingerprint density at radius 3 is 2.44 bits per heavy atom. The Labute approximate surface area is 97.0 Å². The summed E-state index contributed by atoms with van der Waals surface area (Å²) in [6.45, 7) is 3.51. The van der Waals surface area contributed by atoms with Crippen molar-refractivity contribution in [2.24, 2.45) is 0 Å². The zero-order valence-corrected chi connectivity index (χ0v) is 10.2. The SMILES string of the molecule is Cc1ccc(C(=O)OCCC[NH+](C)C)cc1. The van der Waals surface area contributed by atoms with Crippen LogP contribution in [0.2, 0.25) is 0 Å². The number of ether oxygens (including phenoxy) is 1. The largest absolute Gasteiger partial charge is 0.462 e. The van der Waals surface area contributed by atoms with Crippen LogP contribution < -0.4 is 4.90 Å². The second kappa shape index (κ2) is 6.28. The number of aryl methyl sites for hydroxylation is 1. The molecule has 0 amide bonds. The maximum absolute atomic E-state index is 11.6. The third-order valence-corrected chi connectivity index (χ3v) is 2.34. The molecule has 0 aromatic heterocycles. The van der Waals surface area contributed by atoms with Crippen molar-refractivity contribution in [2.75, 3.05) is 27.2 Å². The lowest BCUT2D eigenvalue weighted by molar-refractivity contribution is -0.858. The van der Waals surface area contributed by atoms with Crippen LogP contribution in [0.5, 0.6) is 0 Å². The number of carbonyl (C=O) groups excluding carboxylic acids is 1. The molecule has 0 heterocycles. The van der Waals surface area contributed by atoms with Gasteiger partial charge in [0, 0.05) is 6.42 Å². The van der Waals surface area contributed by atoms with Crippen LogP contribution in [0.15, 0.2) is 24.3 Å². The first kappa shape index (κ1) is 12.7. The van der Waals surface area contributed by atoms with E-state index in [9.17, 15) is 4.79 Å². The number of hydrogen-bond donors (Lipinski definition) is 1. The number of nitrogens with one attached hydrogen (secondary N) is 1. The van der Waals surface area contributed by atoms with Gasteiger partial charge in [-0.2, -0.15) is 0 Å². The minimum absolute atomic E-state index is 0.228. The molecule has 0 bridgehead atoms. The summed E-state index contributed by atoms with van der Waals surface area (Å²) in [6.07, 6.45) is 0.903. The lowest BCUT2D eigenvalue weighted by atomic mass is 10.1. The second-order valence-corrected chi connectivity index (χ2v) is 4.31. The van der Waals surface area contributed by atoms with Crippen LogP contribution in [0.3, 0.4) is 0 Å². The average Bonchev–Trinajstić information content (AvgIpc) is 2.25. The van der Waals surface area contributed by atoms with Crippen LogP contribution in [0, 0.1) is 6.92 Å². The molecule has 0 aliphatic rings. The van der Waals surface area contributed by atoms with E-state index in [0.29, 0.717) is 12.2 Å². The first-order valence-corrected chi connectivity index (χ1v) is 5.62. The van der Waals surface area contributed by atoms with E-state index in [1.807, 2.05) is 19.1 Å². The average molecular weight is 222 g/mol. The second-order valence-electron chi connectivity index (χ2n) is 4.31. The summed E-state index contributed by atoms with van der Waals surface area (Å²) in [6, 6.07) is 7.44. The van der Waals surface area contributed by atoms with E-state index in [-0.39, 0.29) is 5.97 Å². The van der Waals surface area contributed by atoms with Gasteiger partial charge < -0.3 is 9.64 Å². The Hall–Kier alpha value is -1.35. The van der Waals surface area contributed by atoms with E-state index >= 15 is 0 Å². The molecule has 0 aliphatic heterocycles. The van der Waals surface area contributed by atoms with Gasteiger partial charge in [-0.3, -0.25) is 0 Å². The summed E-state index contributed by atoms with van der Waals surface area (Å²) in [5, 5.41) is 0. The molecule has 0 saturated carbocycles. The molecule has 0 radical (unpaired) electrons. The van der Waals surface area contributed by atoms with Gasteiger partial charge in [0.1, 0.15) is 0 Å². The van der Waals surface area contributed by atoms with Crippen molar-refractivity contribution in [2.45, 2.75) is 13.3 Å². The van der Waals surface area contributed by atoms with E-state index in [2.05, 4.69) is 14.1 Å². The maximum Gasteiger partial charge on any atom is 0.338 e. The Morgan fingerprint density at radius 1 is 1.25 bits per heavy atom. The van der Waals surface area contributed by atoms with Gasteiger partial charge in [0.2, 0.25) is 0 Å². The maximum atomic E-state index is 11.6. The summed E-state index contributed by atoms with van der Waals surface area (Å²) in [4.78, 5) is 12.9. The van der Waals surface area contributed by atoms with Gasteiger partial charge in [0.25, 0.3) is 0 Å². The molecule has 88 valence electrons. The standard InChI is InChI=1S/C13H19NO2/c1-11-5-7-12(8-6-11)13(15)16-10-4-9-14(2)3/h5-8H,4,9-10H2,1-3H3/p+1. The predicted molar refractivity (Wildman–Crippen MR) is 63.8 cm³/mol. The lowest BCUT2D eigenvalue weighted by Gasteiger charge is -2.07. The molecule has 3 heteroatoms. The van der Waals surface area contributed by atoms with E-state index in [1.54, 1.807) is 12.1 Å². The summed E-state index contributed by atoms with van der Waals surface area (Å²) >= 11 is 0. The zero-order chi connectivity index (χ0) is 12.0. The fraction of sp³-hybridized carbons (Fsp3) is 0.462. The molecule has 0 fully saturated rings. The Bertz CT molecular complexity index is 330. The van der Waals surface area contributed by atoms with E-state index < -0.39 is 0 Å². The highest BCUT2D eigenvalue weighted by atomic mass is 16.5. The monoisotopic (exact) mass is 222 g/mol. The molecule has 3 nitrogen and oxygen atoms in total. The molecule has 0 spiro atoms. The highest BCUT2D eigenvalue weighted by Crippen LogP contribution is 2.04. The first-order valence-electron chi connectivity index (χ1n) is 5.62. The van der Waals surface area contributed by atoms with Gasteiger partial charge in [-0.15, -0.1) is 0 Å². The van der Waals surface area contributed by atoms with Crippen molar-refractivity contribution in [3.05, 3.63) is 35.4 Å². The third kappa shape index (κ3) is 4.45. The van der Waals surface area contributed by atoms with Gasteiger partial charge in [0.05, 0.1) is 32.8 Å². The van der Waals surface area contributed by atoms with E-state index in [0.717, 1.165) is 18.5 Å². The number of quaternary nitrogens is 1. The van der Waals surface area contributed by atoms with Crippen LogP contribution in [0.4, 0.5) is 0 Å². The van der Waals surface area contributed by atoms with Crippen molar-refractivity contribution >= 4 is 5.97 Å². The van der Waals surface area contributed by atoms with Gasteiger partial charge in [-0.05, 0) is 19.1 Å². The van der Waals surface area contributed by atoms with Crippen molar-refractivity contribution in [3.8, 4) is 0 Å². The van der Waals surface area contributed by atoms with Crippen LogP contribution in [0.1, 0.15) is 22.3 Å². The molecular weight excluding hydrogens is 202 g/mol. The molecular formula is C13H20NO2+. The number of benzene rings is 1. The highest BCUT2D eigenvalue weighted by molar-refractivity contribution is 5.89. The minimum Gasteiger partial charge on any atom is -0.462 e. The van der Waals surface area contributed by atoms with Gasteiger partial charge in [0.15, 0.2) is 0 Å². The molecule has 1 aromatic carbocycles. The summed E-state index contributed by atoms with van der Waals surface area (Å²) < 4.78 is 5.17. The van der Waals surface area contributed by atoms with Crippen molar-refractivity contribution in [1.29, 1.82) is 0 Å². The number of rotatable bonds is 5. The van der Waals surface area contributed by atoms with Gasteiger partial charge in [-0.1, -0.05) is 17.7 Å². The van der Waals surface area contributed by atoms with Crippen LogP contribution in [0.25, 0.3) is 0 Å². The molecule has 0 saturated heterocycles. The van der Waals surface area contributed by atoms with Crippen molar-refractivity contribution in [3.63, 3.8) is 0 Å². The smallest absolute Gasteiger partial charge is 0.338 e. The highest BCUT2D eigenvalue weighted by Gasteiger charge is 2.06. The molecule has 1 N–H and O–H groups in total. The molecule has 16 heavy (non-hydrogen) atoms. The quantitative estimate of drug-likeness (QED) is 0.587. The van der Waals surface area contributed by atoms with E-state index in [4.69, 9.17) is 4.74 Å². The fourth-order valence-electron chi connectivity index (χ4n) is 1.36. The fourth-order valence-corrected chi connectivity index (χ4v) is 1.36. The molecule has 0 aliphatic carbocycles. The van der Waals surface area contributed by atoms with Gasteiger partial charge in [-0.25, -0.2) is 4.79 Å². The van der Waals surface area contributed by atoms with Crippen LogP contribution in [-0.4, -0.2) is 33.2 Å².